The highest BCUT2D eigenvalue weighted by Crippen LogP contribution is 2.36. The number of methoxy groups -OCH3 is 1. The number of carbonyl (C=O) groups is 10. The molecule has 0 atom stereocenters. The second-order valence-corrected chi connectivity index (χ2v) is 38.0. The van der Waals surface area contributed by atoms with E-state index in [9.17, 15) is 71.9 Å². The first kappa shape index (κ1) is 102. The monoisotopic (exact) mass is 1970 g/mol. The van der Waals surface area contributed by atoms with Crippen molar-refractivity contribution in [3.8, 4) is 17.0 Å². The van der Waals surface area contributed by atoms with Crippen molar-refractivity contribution in [2.45, 2.75) is 139 Å². The Morgan fingerprint density at radius 3 is 1.11 bits per heavy atom. The quantitative estimate of drug-likeness (QED) is 0.0437. The third-order valence-corrected chi connectivity index (χ3v) is 29.4. The molecule has 22 rings (SSSR count). The van der Waals surface area contributed by atoms with Gasteiger partial charge in [-0.05, 0) is 192 Å². The number of likely N-dealkylation sites (N-methyl/N-ethyl adjacent to an activating group) is 1. The second-order valence-electron chi connectivity index (χ2n) is 38.0. The van der Waals surface area contributed by atoms with Crippen LogP contribution in [-0.4, -0.2) is 329 Å². The average Bonchev–Trinajstić information content (AvgIpc) is 1.63. The zero-order valence-corrected chi connectivity index (χ0v) is 81.5. The number of piperidine rings is 7. The lowest BCUT2D eigenvalue weighted by Gasteiger charge is -2.39. The first-order valence-corrected chi connectivity index (χ1v) is 50.0. The van der Waals surface area contributed by atoms with Crippen molar-refractivity contribution in [1.29, 1.82) is 0 Å². The van der Waals surface area contributed by atoms with Crippen LogP contribution >= 0.6 is 0 Å². The molecule has 7 aromatic carbocycles. The van der Waals surface area contributed by atoms with E-state index in [0.29, 0.717) is 100 Å². The maximum atomic E-state index is 12.8. The van der Waals surface area contributed by atoms with Crippen LogP contribution < -0.4 is 38.5 Å². The zero-order valence-electron chi connectivity index (χ0n) is 81.5. The van der Waals surface area contributed by atoms with Gasteiger partial charge in [-0.1, -0.05) is 91.0 Å². The van der Waals surface area contributed by atoms with Crippen LogP contribution in [0.1, 0.15) is 158 Å². The highest BCUT2D eigenvalue weighted by atomic mass is 16.5. The van der Waals surface area contributed by atoms with Gasteiger partial charge in [0.05, 0.1) is 70.2 Å². The summed E-state index contributed by atoms with van der Waals surface area (Å²) in [5.74, 6) is 1.46. The number of likely N-dealkylation sites (tertiary alicyclic amines) is 7. The number of para-hydroxylation sites is 6. The number of benzene rings is 7. The number of hydrogen-bond donors (Lipinski definition) is 6. The SMILES string of the molecule is CN1CCN(C(=O)c2ccc3c(c2)[nH]c(=O)n3C2CCN(C=O)CC2)CC1.COc1ccccc1C1CCN(C=O)CC1.O=CN1CCC(N2Cc3ccccc3NC2=O)CC1.O=CN1CCC(n2c(-c3ccccc3)c[nH]c2=O)CC1.O=CN1CCC(n2c(=O)[nH]c3cc(C(=O)N4CCOCC4)ccc32)CC1.O=CN1CCC(n2c(=O)[nH]c3ccccc32)CC1.O=CN1CCC(n2c(=O)[nH]c3ccccc32)CC1. The molecule has 39 nitrogen and oxygen atoms in total. The number of urea groups is 1. The van der Waals surface area contributed by atoms with Gasteiger partial charge in [0.25, 0.3) is 11.8 Å². The molecule has 0 aliphatic carbocycles. The molecule has 10 aliphatic rings. The van der Waals surface area contributed by atoms with Gasteiger partial charge < -0.3 is 93.6 Å². The molecule has 0 radical (unpaired) electrons. The fourth-order valence-electron chi connectivity index (χ4n) is 21.2. The molecule has 9 saturated heterocycles. The maximum absolute atomic E-state index is 12.8. The molecule has 39 heteroatoms. The van der Waals surface area contributed by atoms with E-state index in [-0.39, 0.29) is 82.5 Å². The Morgan fingerprint density at radius 1 is 0.347 bits per heavy atom. The van der Waals surface area contributed by atoms with Crippen molar-refractivity contribution in [2.24, 2.45) is 0 Å². The maximum Gasteiger partial charge on any atom is 0.326 e. The van der Waals surface area contributed by atoms with Gasteiger partial charge in [0.1, 0.15) is 5.75 Å². The fraction of sp³-hybridized carbons (Fsp3) is 0.438. The molecule has 5 aromatic heterocycles. The van der Waals surface area contributed by atoms with Crippen molar-refractivity contribution < 1.29 is 57.4 Å². The van der Waals surface area contributed by atoms with Crippen LogP contribution in [0.25, 0.3) is 55.4 Å². The number of aromatic nitrogens is 10. The summed E-state index contributed by atoms with van der Waals surface area (Å²) in [5, 5.41) is 2.94. The highest BCUT2D eigenvalue weighted by molar-refractivity contribution is 5.99. The summed E-state index contributed by atoms with van der Waals surface area (Å²) in [6.07, 6.45) is 19.7. The smallest absolute Gasteiger partial charge is 0.326 e. The zero-order chi connectivity index (χ0) is 101. The van der Waals surface area contributed by atoms with E-state index in [4.69, 9.17) is 9.47 Å². The molecule has 760 valence electrons. The van der Waals surface area contributed by atoms with Gasteiger partial charge >= 0.3 is 34.5 Å². The van der Waals surface area contributed by atoms with Crippen LogP contribution in [0.5, 0.6) is 5.75 Å². The number of ether oxygens (including phenoxy) is 2. The molecule has 0 bridgehead atoms. The van der Waals surface area contributed by atoms with Crippen molar-refractivity contribution >= 4 is 113 Å². The molecule has 10 aliphatic heterocycles. The van der Waals surface area contributed by atoms with Gasteiger partial charge in [0.15, 0.2) is 0 Å². The van der Waals surface area contributed by atoms with Crippen LogP contribution in [0.2, 0.25) is 0 Å². The summed E-state index contributed by atoms with van der Waals surface area (Å²) in [7, 11) is 3.76. The summed E-state index contributed by atoms with van der Waals surface area (Å²) < 4.78 is 19.7. The molecule has 11 amide bonds. The minimum atomic E-state index is -0.166. The van der Waals surface area contributed by atoms with Crippen LogP contribution in [0.15, 0.2) is 194 Å². The van der Waals surface area contributed by atoms with E-state index in [0.717, 1.165) is 275 Å². The number of aromatic amines is 5. The Hall–Kier alpha value is -15.2. The Bertz CT molecular complexity index is 6610. The van der Waals surface area contributed by atoms with Crippen LogP contribution in [0.4, 0.5) is 10.5 Å². The largest absolute Gasteiger partial charge is 0.496 e. The molecule has 144 heavy (non-hydrogen) atoms. The highest BCUT2D eigenvalue weighted by Gasteiger charge is 2.35. The minimum Gasteiger partial charge on any atom is -0.496 e. The number of nitrogens with zero attached hydrogens (tertiary/aromatic N) is 16. The van der Waals surface area contributed by atoms with E-state index < -0.39 is 0 Å². The lowest BCUT2D eigenvalue weighted by molar-refractivity contribution is -0.120. The molecule has 0 spiro atoms. The molecule has 12 aromatic rings. The average molecular weight is 1970 g/mol. The number of carbonyl (C=O) groups excluding carboxylic acids is 10. The Kier molecular flexibility index (Phi) is 34.3. The number of anilines is 1. The number of rotatable bonds is 18. The number of H-pyrrole nitrogens is 5. The van der Waals surface area contributed by atoms with Gasteiger partial charge in [0.2, 0.25) is 44.9 Å². The van der Waals surface area contributed by atoms with E-state index in [2.05, 4.69) is 48.3 Å². The molecular formula is C105H128N22O17. The van der Waals surface area contributed by atoms with Crippen molar-refractivity contribution in [1.82, 2.24) is 102 Å². The molecule has 9 fully saturated rings. The van der Waals surface area contributed by atoms with Gasteiger partial charge in [-0.3, -0.25) is 66.0 Å². The number of hydrogen-bond acceptors (Lipinski definition) is 18. The predicted octanol–water partition coefficient (Wildman–Crippen LogP) is 8.67. The number of imidazole rings is 5. The van der Waals surface area contributed by atoms with Gasteiger partial charge in [-0.2, -0.15) is 0 Å². The van der Waals surface area contributed by atoms with Crippen LogP contribution in [-0.2, 0) is 44.8 Å². The van der Waals surface area contributed by atoms with Gasteiger partial charge in [0, 0.05) is 197 Å². The first-order chi connectivity index (χ1) is 70.2. The summed E-state index contributed by atoms with van der Waals surface area (Å²) in [5.41, 5.74) is 12.6. The molecule has 0 unspecified atom stereocenters. The van der Waals surface area contributed by atoms with Crippen molar-refractivity contribution in [3.63, 3.8) is 0 Å². The Labute approximate surface area is 831 Å². The standard InChI is InChI=1S/C19H25N5O3.C18H22N4O4.C15H17N3O2.C14H17N3O2.2C13H15N3O2.C13H17NO2/c1-21-8-10-23(11-9-21)18(26)14-2-3-17-16(12-14)20-19(27)24(17)15-4-6-22(13-25)7-5-15;23-12-20-5-3-14(4-6-20)22-16-2-1-13(11-15(16)19-18(22)25)17(24)21-7-9-26-10-8-21;19-11-17-8-6-13(7-9-17)18-14(10-16-15(18)20)12-4-2-1-3-5-12;18-10-16-7-5-12(6-8-16)17-9-11-3-1-2-4-13(11)15-14(17)19;2*17-9-15-7-5-10(6-8-15)16-12-4-2-1-3-11(12)14-13(16)18;1-16-13-5-3-2-4-12(13)11-6-8-14(10-15)9-7-11/h2-3,12-13,15H,4-11H2,1H3,(H,20,27);1-2,11-12,14H,3-10H2,(H,19,25);1-5,10-11,13H,6-9H2,(H,16,20);1-4,10,12H,5-9H2,(H,15,19);2*1-4,9-10H,5-8H2,(H,14,18);2-5,10-11H,6-9H2,1H3. The summed E-state index contributed by atoms with van der Waals surface area (Å²) in [6.45, 7) is 16.3. The minimum absolute atomic E-state index is 0.0119. The number of amides is 11. The number of nitrogens with one attached hydrogen (secondary N) is 6. The molecule has 6 N–H and O–H groups in total. The number of morpholine rings is 1. The van der Waals surface area contributed by atoms with E-state index in [1.54, 1.807) is 74.9 Å². The number of fused-ring (bicyclic) bond motifs is 5. The van der Waals surface area contributed by atoms with Crippen molar-refractivity contribution in [2.75, 3.05) is 164 Å². The number of piperazine rings is 1. The molecule has 15 heterocycles. The second kappa shape index (κ2) is 48.5. The third-order valence-electron chi connectivity index (χ3n) is 29.4. The predicted molar refractivity (Wildman–Crippen MR) is 545 cm³/mol. The fourth-order valence-corrected chi connectivity index (χ4v) is 21.2. The molecular weight excluding hydrogens is 1840 g/mol. The first-order valence-electron chi connectivity index (χ1n) is 50.0. The van der Waals surface area contributed by atoms with E-state index in [1.807, 2.05) is 168 Å². The van der Waals surface area contributed by atoms with E-state index in [1.165, 1.54) is 5.56 Å². The summed E-state index contributed by atoms with van der Waals surface area (Å²) in [6, 6.07) is 53.1. The third kappa shape index (κ3) is 24.2. The van der Waals surface area contributed by atoms with E-state index >= 15 is 0 Å². The van der Waals surface area contributed by atoms with Gasteiger partial charge in [-0.25, -0.2) is 28.8 Å². The normalized spacial score (nSPS) is 18.2. The molecule has 0 saturated carbocycles. The van der Waals surface area contributed by atoms with Gasteiger partial charge in [-0.15, -0.1) is 0 Å². The van der Waals surface area contributed by atoms with Crippen LogP contribution in [0, 0.1) is 0 Å². The van der Waals surface area contributed by atoms with Crippen LogP contribution in [0.3, 0.4) is 0 Å². The lowest BCUT2D eigenvalue weighted by atomic mass is 9.89. The lowest BCUT2D eigenvalue weighted by Crippen LogP contribution is -2.49. The topological polar surface area (TPSA) is 426 Å². The van der Waals surface area contributed by atoms with Crippen molar-refractivity contribution in [3.05, 3.63) is 245 Å². The Morgan fingerprint density at radius 2 is 0.694 bits per heavy atom. The Balaban J connectivity index is 0.000000121. The summed E-state index contributed by atoms with van der Waals surface area (Å²) >= 11 is 0. The summed E-state index contributed by atoms with van der Waals surface area (Å²) in [4.78, 5) is 208.